The molecule has 0 spiro atoms. The second kappa shape index (κ2) is 19.1. The number of nitrogens with two attached hydrogens (primary N) is 1. The molecule has 0 fully saturated rings. The Bertz CT molecular complexity index is 1650. The van der Waals surface area contributed by atoms with Gasteiger partial charge in [-0.2, -0.15) is 0 Å². The van der Waals surface area contributed by atoms with E-state index in [1.807, 2.05) is 48.5 Å². The molecule has 0 saturated carbocycles. The normalized spacial score (nSPS) is 12.9. The van der Waals surface area contributed by atoms with Crippen LogP contribution in [0.2, 0.25) is 0 Å². The van der Waals surface area contributed by atoms with Gasteiger partial charge in [0, 0.05) is 38.3 Å². The topological polar surface area (TPSA) is 193 Å². The number of anilines is 1. The highest BCUT2D eigenvalue weighted by atomic mass is 16.6. The Hall–Kier alpha value is -5.63. The summed E-state index contributed by atoms with van der Waals surface area (Å²) in [5.74, 6) is -1.55. The zero-order chi connectivity index (χ0) is 37.6. The van der Waals surface area contributed by atoms with Crippen molar-refractivity contribution in [3.63, 3.8) is 0 Å². The maximum absolute atomic E-state index is 13.6. The average Bonchev–Trinajstić information content (AvgIpc) is 3.45. The highest BCUT2D eigenvalue weighted by molar-refractivity contribution is 5.98. The van der Waals surface area contributed by atoms with Crippen molar-refractivity contribution in [3.8, 4) is 11.1 Å². The van der Waals surface area contributed by atoms with Gasteiger partial charge in [-0.3, -0.25) is 9.59 Å². The van der Waals surface area contributed by atoms with Crippen LogP contribution in [0.4, 0.5) is 20.1 Å². The monoisotopic (exact) mass is 715 g/mol. The van der Waals surface area contributed by atoms with Gasteiger partial charge in [0.2, 0.25) is 11.8 Å². The Labute approximate surface area is 304 Å². The minimum Gasteiger partial charge on any atom is -0.449 e. The third kappa shape index (κ3) is 10.9. The van der Waals surface area contributed by atoms with Gasteiger partial charge in [-0.1, -0.05) is 74.5 Å². The summed E-state index contributed by atoms with van der Waals surface area (Å²) in [5, 5.41) is 13.7. The Morgan fingerprint density at radius 3 is 2.06 bits per heavy atom. The van der Waals surface area contributed by atoms with Crippen molar-refractivity contribution in [3.05, 3.63) is 89.5 Å². The summed E-state index contributed by atoms with van der Waals surface area (Å²) >= 11 is 0. The van der Waals surface area contributed by atoms with E-state index in [1.165, 1.54) is 4.90 Å². The van der Waals surface area contributed by atoms with Crippen LogP contribution < -0.4 is 32.3 Å². The number of nitrogens with zero attached hydrogens (tertiary/aromatic N) is 1. The number of likely N-dealkylation sites (N-methyl/N-ethyl adjacent to an activating group) is 2. The average molecular weight is 716 g/mol. The van der Waals surface area contributed by atoms with Gasteiger partial charge < -0.3 is 46.7 Å². The fourth-order valence-electron chi connectivity index (χ4n) is 5.89. The fraction of sp³-hybridized carbons (Fsp3) is 0.395. The molecule has 0 saturated heterocycles. The quantitative estimate of drug-likeness (QED) is 0.113. The molecule has 1 aliphatic rings. The Morgan fingerprint density at radius 1 is 0.827 bits per heavy atom. The lowest BCUT2D eigenvalue weighted by Crippen LogP contribution is -2.54. The smallest absolute Gasteiger partial charge is 0.409 e. The molecule has 2 unspecified atom stereocenters. The molecule has 1 aliphatic carbocycles. The molecule has 0 bridgehead atoms. The summed E-state index contributed by atoms with van der Waals surface area (Å²) < 4.78 is 11.0. The van der Waals surface area contributed by atoms with E-state index in [4.69, 9.17) is 15.2 Å². The number of rotatable bonds is 17. The molecule has 14 heteroatoms. The molecule has 2 atom stereocenters. The number of nitrogens with one attached hydrogen (secondary N) is 5. The zero-order valence-corrected chi connectivity index (χ0v) is 30.1. The van der Waals surface area contributed by atoms with E-state index in [9.17, 15) is 24.0 Å². The van der Waals surface area contributed by atoms with E-state index < -0.39 is 42.1 Å². The highest BCUT2D eigenvalue weighted by Crippen LogP contribution is 2.44. The van der Waals surface area contributed by atoms with Gasteiger partial charge in [0.1, 0.15) is 25.3 Å². The Morgan fingerprint density at radius 2 is 1.46 bits per heavy atom. The lowest BCUT2D eigenvalue weighted by atomic mass is 9.98. The number of fused-ring (bicyclic) bond motifs is 3. The number of primary amides is 1. The lowest BCUT2D eigenvalue weighted by Gasteiger charge is -2.25. The maximum atomic E-state index is 13.6. The first-order valence-electron chi connectivity index (χ1n) is 17.4. The molecule has 4 rings (SSSR count). The second-order valence-corrected chi connectivity index (χ2v) is 13.0. The third-order valence-corrected chi connectivity index (χ3v) is 8.76. The summed E-state index contributed by atoms with van der Waals surface area (Å²) in [7, 11) is 3.45. The van der Waals surface area contributed by atoms with E-state index in [0.29, 0.717) is 25.2 Å². The molecule has 278 valence electrons. The first-order chi connectivity index (χ1) is 25.0. The first-order valence-corrected chi connectivity index (χ1v) is 17.4. The third-order valence-electron chi connectivity index (χ3n) is 8.76. The summed E-state index contributed by atoms with van der Waals surface area (Å²) in [6, 6.07) is 20.0. The standard InChI is InChI=1S/C38H49N7O7/c1-24(2)33(44-37(49)51-23-31-29-12-7-5-10-27(29)28-11-6-8-13-30(28)31)35(47)43-32(14-9-19-41-36(39)48)34(46)42-26-17-15-25(16-18-26)22-52-38(50)45(4)21-20-40-3/h5-8,10-13,15-18,24,31-33,40H,9,14,19-23H2,1-4H3,(H,42,46)(H,43,47)(H,44,49)(H3,39,41,48). The number of carbonyl (C=O) groups is 5. The van der Waals surface area contributed by atoms with Crippen LogP contribution in [0.15, 0.2) is 72.8 Å². The lowest BCUT2D eigenvalue weighted by molar-refractivity contribution is -0.128. The van der Waals surface area contributed by atoms with Crippen LogP contribution in [0, 0.1) is 5.92 Å². The minimum atomic E-state index is -1.01. The van der Waals surface area contributed by atoms with Crippen molar-refractivity contribution >= 4 is 35.7 Å². The van der Waals surface area contributed by atoms with Gasteiger partial charge in [0.25, 0.3) is 0 Å². The number of amides is 6. The molecule has 6 amide bonds. The summed E-state index contributed by atoms with van der Waals surface area (Å²) in [4.78, 5) is 65.0. The number of urea groups is 1. The van der Waals surface area contributed by atoms with Crippen LogP contribution in [0.1, 0.15) is 49.3 Å². The SMILES string of the molecule is CNCCN(C)C(=O)OCc1ccc(NC(=O)C(CCCNC(N)=O)NC(=O)C(NC(=O)OCC2c3ccccc3-c3ccccc32)C(C)C)cc1. The van der Waals surface area contributed by atoms with Crippen molar-refractivity contribution in [2.24, 2.45) is 11.7 Å². The fourth-order valence-corrected chi connectivity index (χ4v) is 5.89. The van der Waals surface area contributed by atoms with Gasteiger partial charge in [-0.05, 0) is 65.8 Å². The van der Waals surface area contributed by atoms with Crippen LogP contribution >= 0.6 is 0 Å². The number of ether oxygens (including phenoxy) is 2. The summed E-state index contributed by atoms with van der Waals surface area (Å²) in [5.41, 5.74) is 10.7. The van der Waals surface area contributed by atoms with Crippen molar-refractivity contribution in [1.29, 1.82) is 0 Å². The number of hydrogen-bond donors (Lipinski definition) is 6. The van der Waals surface area contributed by atoms with Crippen molar-refractivity contribution in [2.75, 3.05) is 45.7 Å². The molecule has 14 nitrogen and oxygen atoms in total. The van der Waals surface area contributed by atoms with Crippen LogP contribution in [0.5, 0.6) is 0 Å². The Balaban J connectivity index is 1.36. The van der Waals surface area contributed by atoms with Crippen molar-refractivity contribution < 1.29 is 33.4 Å². The highest BCUT2D eigenvalue weighted by Gasteiger charge is 2.32. The minimum absolute atomic E-state index is 0.0514. The molecule has 52 heavy (non-hydrogen) atoms. The number of benzene rings is 3. The number of carbonyl (C=O) groups excluding carboxylic acids is 5. The van der Waals surface area contributed by atoms with E-state index in [2.05, 4.69) is 26.6 Å². The molecule has 0 heterocycles. The van der Waals surface area contributed by atoms with Crippen LogP contribution in [0.3, 0.4) is 0 Å². The van der Waals surface area contributed by atoms with Gasteiger partial charge in [-0.25, -0.2) is 14.4 Å². The van der Waals surface area contributed by atoms with E-state index in [1.54, 1.807) is 52.2 Å². The first kappa shape index (κ1) is 39.2. The van der Waals surface area contributed by atoms with E-state index in [0.717, 1.165) is 27.8 Å². The van der Waals surface area contributed by atoms with Gasteiger partial charge in [0.05, 0.1) is 0 Å². The summed E-state index contributed by atoms with van der Waals surface area (Å²) in [6.07, 6.45) is -0.703. The molecular weight excluding hydrogens is 666 g/mol. The summed E-state index contributed by atoms with van der Waals surface area (Å²) in [6.45, 7) is 5.02. The maximum Gasteiger partial charge on any atom is 0.409 e. The molecule has 3 aromatic carbocycles. The van der Waals surface area contributed by atoms with Gasteiger partial charge in [-0.15, -0.1) is 0 Å². The second-order valence-electron chi connectivity index (χ2n) is 13.0. The largest absolute Gasteiger partial charge is 0.449 e. The van der Waals surface area contributed by atoms with E-state index >= 15 is 0 Å². The molecule has 0 radical (unpaired) electrons. The van der Waals surface area contributed by atoms with Gasteiger partial charge in [0.15, 0.2) is 0 Å². The predicted octanol–water partition coefficient (Wildman–Crippen LogP) is 3.91. The molecular formula is C38H49N7O7. The number of alkyl carbamates (subject to hydrolysis) is 1. The van der Waals surface area contributed by atoms with Crippen molar-refractivity contribution in [2.45, 2.75) is 51.3 Å². The molecule has 0 aromatic heterocycles. The van der Waals surface area contributed by atoms with Gasteiger partial charge >= 0.3 is 18.2 Å². The zero-order valence-electron chi connectivity index (χ0n) is 30.1. The molecule has 7 N–H and O–H groups in total. The van der Waals surface area contributed by atoms with Crippen molar-refractivity contribution in [1.82, 2.24) is 26.2 Å². The predicted molar refractivity (Wildman–Crippen MR) is 197 cm³/mol. The van der Waals surface area contributed by atoms with E-state index in [-0.39, 0.29) is 38.0 Å². The Kier molecular flexibility index (Phi) is 14.4. The van der Waals surface area contributed by atoms with Crippen LogP contribution in [-0.2, 0) is 25.7 Å². The molecule has 0 aliphatic heterocycles. The number of hydrogen-bond acceptors (Lipinski definition) is 8. The molecule has 3 aromatic rings. The van der Waals surface area contributed by atoms with Crippen LogP contribution in [0.25, 0.3) is 11.1 Å². The van der Waals surface area contributed by atoms with Crippen LogP contribution in [-0.4, -0.2) is 87.4 Å².